The molecule has 1 unspecified atom stereocenters. The molecular weight excluding hydrogens is 372 g/mol. The Morgan fingerprint density at radius 1 is 0.897 bits per heavy atom. The summed E-state index contributed by atoms with van der Waals surface area (Å²) in [7, 11) is 0. The minimum absolute atomic E-state index is 0.0203. The molecule has 144 valence electrons. The van der Waals surface area contributed by atoms with Crippen LogP contribution in [0.4, 0.5) is 0 Å². The normalized spacial score (nSPS) is 17.9. The van der Waals surface area contributed by atoms with E-state index in [0.717, 1.165) is 11.1 Å². The molecule has 1 atom stereocenters. The first-order valence-electron chi connectivity index (χ1n) is 9.09. The number of aliphatic hydroxyl groups excluding tert-OH is 1. The van der Waals surface area contributed by atoms with Crippen molar-refractivity contribution in [2.24, 2.45) is 0 Å². The van der Waals surface area contributed by atoms with Crippen LogP contribution in [-0.4, -0.2) is 17.4 Å². The lowest BCUT2D eigenvalue weighted by molar-refractivity contribution is -0.152. The summed E-state index contributed by atoms with van der Waals surface area (Å²) in [6.45, 7) is 3.79. The van der Waals surface area contributed by atoms with E-state index in [1.807, 2.05) is 26.0 Å². The van der Waals surface area contributed by atoms with Gasteiger partial charge in [-0.25, -0.2) is 9.59 Å². The zero-order valence-corrected chi connectivity index (χ0v) is 15.7. The topological polar surface area (TPSA) is 86.0 Å². The maximum absolute atomic E-state index is 12.7. The lowest BCUT2D eigenvalue weighted by Gasteiger charge is -2.30. The molecule has 0 spiro atoms. The number of aliphatic hydroxyl groups is 1. The van der Waals surface area contributed by atoms with Crippen LogP contribution in [0.2, 0.25) is 0 Å². The molecule has 0 amide bonds. The van der Waals surface area contributed by atoms with E-state index in [-0.39, 0.29) is 11.3 Å². The van der Waals surface area contributed by atoms with Crippen LogP contribution >= 0.6 is 0 Å². The van der Waals surface area contributed by atoms with E-state index < -0.39 is 17.9 Å². The summed E-state index contributed by atoms with van der Waals surface area (Å²) in [4.78, 5) is 24.8. The van der Waals surface area contributed by atoms with Crippen LogP contribution in [0.25, 0.3) is 22.3 Å². The maximum Gasteiger partial charge on any atom is 0.342 e. The summed E-state index contributed by atoms with van der Waals surface area (Å²) < 4.78 is 16.5. The Hall–Kier alpha value is -3.80. The SMILES string of the molecule is Cc1ccc2c(c1)C(O)=C1C=C(c3cc(=O)oc4cc(C)ccc34)C(=O)OC1O2. The smallest absolute Gasteiger partial charge is 0.342 e. The second-order valence-electron chi connectivity index (χ2n) is 7.20. The third kappa shape index (κ3) is 2.72. The number of fused-ring (bicyclic) bond motifs is 3. The van der Waals surface area contributed by atoms with Gasteiger partial charge in [0.15, 0.2) is 0 Å². The number of aryl methyl sites for hydroxylation is 2. The fraction of sp³-hybridized carbons (Fsp3) is 0.130. The van der Waals surface area contributed by atoms with E-state index in [1.165, 1.54) is 12.1 Å². The summed E-state index contributed by atoms with van der Waals surface area (Å²) in [6.07, 6.45) is 0.473. The predicted octanol–water partition coefficient (Wildman–Crippen LogP) is 4.04. The van der Waals surface area contributed by atoms with Gasteiger partial charge in [0.25, 0.3) is 6.29 Å². The third-order valence-electron chi connectivity index (χ3n) is 5.08. The van der Waals surface area contributed by atoms with Gasteiger partial charge < -0.3 is 19.0 Å². The number of benzene rings is 2. The number of ether oxygens (including phenoxy) is 2. The Morgan fingerprint density at radius 2 is 1.66 bits per heavy atom. The summed E-state index contributed by atoms with van der Waals surface area (Å²) >= 11 is 0. The molecule has 0 saturated carbocycles. The van der Waals surface area contributed by atoms with Crippen LogP contribution in [0, 0.1) is 13.8 Å². The van der Waals surface area contributed by atoms with Crippen LogP contribution in [0.5, 0.6) is 5.75 Å². The summed E-state index contributed by atoms with van der Waals surface area (Å²) in [5.74, 6) is -0.226. The summed E-state index contributed by atoms with van der Waals surface area (Å²) in [5, 5.41) is 11.4. The van der Waals surface area contributed by atoms with Gasteiger partial charge in [0.05, 0.1) is 16.7 Å². The molecule has 6 heteroatoms. The third-order valence-corrected chi connectivity index (χ3v) is 5.08. The van der Waals surface area contributed by atoms with Crippen LogP contribution in [0.1, 0.15) is 22.3 Å². The molecule has 1 N–H and O–H groups in total. The van der Waals surface area contributed by atoms with Crippen molar-refractivity contribution in [3.63, 3.8) is 0 Å². The molecule has 3 aromatic rings. The average Bonchev–Trinajstić information content (AvgIpc) is 2.67. The van der Waals surface area contributed by atoms with Crippen molar-refractivity contribution >= 4 is 28.3 Å². The van der Waals surface area contributed by atoms with Gasteiger partial charge in [0, 0.05) is 17.0 Å². The molecule has 0 saturated heterocycles. The average molecular weight is 388 g/mol. The lowest BCUT2D eigenvalue weighted by Crippen LogP contribution is -2.33. The second kappa shape index (κ2) is 6.10. The van der Waals surface area contributed by atoms with E-state index in [4.69, 9.17) is 13.9 Å². The second-order valence-corrected chi connectivity index (χ2v) is 7.20. The van der Waals surface area contributed by atoms with Gasteiger partial charge in [0.2, 0.25) is 0 Å². The van der Waals surface area contributed by atoms with Crippen LogP contribution in [0.3, 0.4) is 0 Å². The van der Waals surface area contributed by atoms with Gasteiger partial charge in [-0.15, -0.1) is 0 Å². The molecule has 0 fully saturated rings. The molecule has 0 radical (unpaired) electrons. The van der Waals surface area contributed by atoms with Gasteiger partial charge in [-0.05, 0) is 43.7 Å². The van der Waals surface area contributed by atoms with Crippen molar-refractivity contribution in [1.29, 1.82) is 0 Å². The number of carbonyl (C=O) groups excluding carboxylic acids is 1. The van der Waals surface area contributed by atoms with E-state index >= 15 is 0 Å². The first-order valence-corrected chi connectivity index (χ1v) is 9.09. The highest BCUT2D eigenvalue weighted by molar-refractivity contribution is 6.21. The highest BCUT2D eigenvalue weighted by Gasteiger charge is 2.36. The van der Waals surface area contributed by atoms with Crippen molar-refractivity contribution in [2.75, 3.05) is 0 Å². The maximum atomic E-state index is 12.7. The van der Waals surface area contributed by atoms with Crippen molar-refractivity contribution in [3.8, 4) is 5.75 Å². The fourth-order valence-corrected chi connectivity index (χ4v) is 3.66. The quantitative estimate of drug-likeness (QED) is 0.500. The van der Waals surface area contributed by atoms with E-state index in [9.17, 15) is 14.7 Å². The molecular formula is C23H16O6. The van der Waals surface area contributed by atoms with Gasteiger partial charge in [0.1, 0.15) is 17.1 Å². The molecule has 2 aliphatic heterocycles. The Balaban J connectivity index is 1.75. The molecule has 1 aromatic heterocycles. The molecule has 0 bridgehead atoms. The fourth-order valence-electron chi connectivity index (χ4n) is 3.66. The van der Waals surface area contributed by atoms with Gasteiger partial charge >= 0.3 is 11.6 Å². The minimum atomic E-state index is -1.05. The van der Waals surface area contributed by atoms with E-state index in [0.29, 0.717) is 33.4 Å². The van der Waals surface area contributed by atoms with Crippen molar-refractivity contribution in [2.45, 2.75) is 20.1 Å². The van der Waals surface area contributed by atoms with Crippen LogP contribution < -0.4 is 10.4 Å². The Labute approximate surface area is 165 Å². The number of carbonyl (C=O) groups is 1. The molecule has 3 heterocycles. The largest absolute Gasteiger partial charge is 0.507 e. The monoisotopic (exact) mass is 388 g/mol. The standard InChI is InChI=1S/C23H16O6/c1-11-4-6-18-16(7-11)21(25)17-9-15(22(26)29-23(17)28-18)14-10-20(24)27-19-8-12(2)3-5-13(14)19/h3-10,23,25H,1-2H3. The number of esters is 1. The molecule has 5 rings (SSSR count). The summed E-state index contributed by atoms with van der Waals surface area (Å²) in [6, 6.07) is 12.0. The highest BCUT2D eigenvalue weighted by Crippen LogP contribution is 2.40. The first kappa shape index (κ1) is 17.3. The molecule has 29 heavy (non-hydrogen) atoms. The van der Waals surface area contributed by atoms with Crippen LogP contribution in [-0.2, 0) is 9.53 Å². The van der Waals surface area contributed by atoms with Gasteiger partial charge in [-0.1, -0.05) is 23.8 Å². The van der Waals surface area contributed by atoms with E-state index in [2.05, 4.69) is 0 Å². The van der Waals surface area contributed by atoms with Crippen molar-refractivity contribution in [3.05, 3.63) is 86.8 Å². The Kier molecular flexibility index (Phi) is 3.64. The number of hydrogen-bond acceptors (Lipinski definition) is 6. The molecule has 0 aliphatic carbocycles. The summed E-state index contributed by atoms with van der Waals surface area (Å²) in [5.41, 5.74) is 3.07. The Bertz CT molecular complexity index is 1320. The molecule has 2 aliphatic rings. The van der Waals surface area contributed by atoms with Crippen molar-refractivity contribution < 1.29 is 23.8 Å². The van der Waals surface area contributed by atoms with Crippen molar-refractivity contribution in [1.82, 2.24) is 0 Å². The first-order chi connectivity index (χ1) is 13.9. The highest BCUT2D eigenvalue weighted by atomic mass is 16.7. The van der Waals surface area contributed by atoms with Gasteiger partial charge in [-0.2, -0.15) is 0 Å². The van der Waals surface area contributed by atoms with Gasteiger partial charge in [-0.3, -0.25) is 0 Å². The molecule has 6 nitrogen and oxygen atoms in total. The number of rotatable bonds is 1. The number of hydrogen-bond donors (Lipinski definition) is 1. The lowest BCUT2D eigenvalue weighted by atomic mass is 9.94. The van der Waals surface area contributed by atoms with E-state index in [1.54, 1.807) is 24.3 Å². The zero-order chi connectivity index (χ0) is 20.3. The van der Waals surface area contributed by atoms with Crippen LogP contribution in [0.15, 0.2) is 63.3 Å². The zero-order valence-electron chi connectivity index (χ0n) is 15.7. The minimum Gasteiger partial charge on any atom is -0.507 e. The molecule has 2 aromatic carbocycles. The Morgan fingerprint density at radius 3 is 2.48 bits per heavy atom. The predicted molar refractivity (Wildman–Crippen MR) is 106 cm³/mol.